The summed E-state index contributed by atoms with van der Waals surface area (Å²) in [4.78, 5) is 41.8. The second-order valence-electron chi connectivity index (χ2n) is 8.05. The first kappa shape index (κ1) is 21.8. The lowest BCUT2D eigenvalue weighted by Gasteiger charge is -2.35. The Morgan fingerprint density at radius 2 is 1.77 bits per heavy atom. The van der Waals surface area contributed by atoms with E-state index < -0.39 is 17.0 Å². The van der Waals surface area contributed by atoms with Crippen LogP contribution in [0.15, 0.2) is 33.9 Å². The minimum Gasteiger partial charge on any atom is -0.384 e. The molecule has 0 atom stereocenters. The highest BCUT2D eigenvalue weighted by molar-refractivity contribution is 6.01. The van der Waals surface area contributed by atoms with Crippen LogP contribution in [0.4, 0.5) is 15.9 Å². The lowest BCUT2D eigenvalue weighted by molar-refractivity contribution is 0.0924. The van der Waals surface area contributed by atoms with Crippen molar-refractivity contribution >= 4 is 17.3 Å². The van der Waals surface area contributed by atoms with Crippen LogP contribution in [0.1, 0.15) is 24.2 Å². The number of benzene rings is 1. The molecular weight excluding hydrogens is 389 g/mol. The number of piperazine rings is 1. The highest BCUT2D eigenvalue weighted by Gasteiger charge is 2.26. The molecule has 1 aliphatic rings. The minimum atomic E-state index is -0.674. The number of ketones is 1. The van der Waals surface area contributed by atoms with Crippen molar-refractivity contribution in [1.82, 2.24) is 14.0 Å². The van der Waals surface area contributed by atoms with Gasteiger partial charge in [-0.15, -0.1) is 0 Å². The van der Waals surface area contributed by atoms with Gasteiger partial charge in [-0.3, -0.25) is 23.6 Å². The van der Waals surface area contributed by atoms with Crippen LogP contribution in [-0.4, -0.2) is 52.5 Å². The van der Waals surface area contributed by atoms with Gasteiger partial charge in [-0.2, -0.15) is 0 Å². The van der Waals surface area contributed by atoms with Gasteiger partial charge in [0.05, 0.1) is 12.2 Å². The normalized spacial score (nSPS) is 15.0. The van der Waals surface area contributed by atoms with Crippen LogP contribution in [0.5, 0.6) is 0 Å². The SMILES string of the molecule is CC(C)Cn1c(N)c(C(=O)CN2CCN(c3ccccc3F)CC2)c(=O)n(C)c1=O. The summed E-state index contributed by atoms with van der Waals surface area (Å²) in [6, 6.07) is 6.60. The molecule has 1 fully saturated rings. The molecule has 1 saturated heterocycles. The third kappa shape index (κ3) is 4.30. The molecule has 162 valence electrons. The van der Waals surface area contributed by atoms with Gasteiger partial charge in [0.2, 0.25) is 0 Å². The molecule has 2 aromatic rings. The van der Waals surface area contributed by atoms with Gasteiger partial charge in [0.15, 0.2) is 5.78 Å². The van der Waals surface area contributed by atoms with E-state index in [0.29, 0.717) is 38.4 Å². The van der Waals surface area contributed by atoms with Crippen molar-refractivity contribution in [3.8, 4) is 0 Å². The van der Waals surface area contributed by atoms with Gasteiger partial charge in [0.25, 0.3) is 5.56 Å². The summed E-state index contributed by atoms with van der Waals surface area (Å²) in [5.74, 6) is -0.639. The highest BCUT2D eigenvalue weighted by atomic mass is 19.1. The van der Waals surface area contributed by atoms with E-state index in [-0.39, 0.29) is 29.7 Å². The molecule has 1 aliphatic heterocycles. The Labute approximate surface area is 174 Å². The number of Topliss-reactive ketones (excluding diaryl/α,β-unsaturated/α-hetero) is 1. The smallest absolute Gasteiger partial charge is 0.332 e. The molecule has 0 amide bonds. The van der Waals surface area contributed by atoms with Crippen molar-refractivity contribution in [2.45, 2.75) is 20.4 Å². The average Bonchev–Trinajstić information content (AvgIpc) is 2.71. The molecule has 8 nitrogen and oxygen atoms in total. The summed E-state index contributed by atoms with van der Waals surface area (Å²) in [6.45, 7) is 6.41. The molecule has 0 unspecified atom stereocenters. The minimum absolute atomic E-state index is 0.0183. The van der Waals surface area contributed by atoms with Crippen LogP contribution in [-0.2, 0) is 13.6 Å². The van der Waals surface area contributed by atoms with Gasteiger partial charge >= 0.3 is 5.69 Å². The van der Waals surface area contributed by atoms with Crippen molar-refractivity contribution in [2.75, 3.05) is 43.4 Å². The van der Waals surface area contributed by atoms with E-state index >= 15 is 0 Å². The molecule has 0 bridgehead atoms. The van der Waals surface area contributed by atoms with Crippen molar-refractivity contribution in [1.29, 1.82) is 0 Å². The van der Waals surface area contributed by atoms with E-state index in [2.05, 4.69) is 0 Å². The van der Waals surface area contributed by atoms with Crippen molar-refractivity contribution in [2.24, 2.45) is 13.0 Å². The Balaban J connectivity index is 1.76. The van der Waals surface area contributed by atoms with E-state index in [0.717, 1.165) is 4.57 Å². The molecule has 2 N–H and O–H groups in total. The molecule has 3 rings (SSSR count). The lowest BCUT2D eigenvalue weighted by Crippen LogP contribution is -2.49. The number of anilines is 2. The number of hydrogen-bond acceptors (Lipinski definition) is 6. The molecule has 1 aromatic heterocycles. The Morgan fingerprint density at radius 1 is 1.13 bits per heavy atom. The van der Waals surface area contributed by atoms with Gasteiger partial charge < -0.3 is 10.6 Å². The number of nitrogens with two attached hydrogens (primary N) is 1. The van der Waals surface area contributed by atoms with E-state index in [1.165, 1.54) is 17.7 Å². The van der Waals surface area contributed by atoms with Crippen LogP contribution in [0, 0.1) is 11.7 Å². The number of halogens is 1. The molecule has 0 radical (unpaired) electrons. The number of nitrogen functional groups attached to an aromatic ring is 1. The van der Waals surface area contributed by atoms with Crippen LogP contribution < -0.4 is 21.9 Å². The summed E-state index contributed by atoms with van der Waals surface area (Å²) in [6.07, 6.45) is 0. The Bertz CT molecular complexity index is 1050. The van der Waals surface area contributed by atoms with Crippen LogP contribution >= 0.6 is 0 Å². The number of nitrogens with zero attached hydrogens (tertiary/aromatic N) is 4. The number of rotatable bonds is 6. The number of hydrogen-bond donors (Lipinski definition) is 1. The molecule has 0 aliphatic carbocycles. The van der Waals surface area contributed by atoms with E-state index in [4.69, 9.17) is 5.73 Å². The molecule has 0 saturated carbocycles. The standard InChI is InChI=1S/C21H28FN5O3/c1-14(2)12-27-19(23)18(20(29)24(3)21(27)30)17(28)13-25-8-10-26(11-9-25)16-7-5-4-6-15(16)22/h4-7,14H,8-13,23H2,1-3H3. The Morgan fingerprint density at radius 3 is 2.37 bits per heavy atom. The van der Waals surface area contributed by atoms with Gasteiger partial charge in [-0.1, -0.05) is 26.0 Å². The zero-order chi connectivity index (χ0) is 22.0. The van der Waals surface area contributed by atoms with Crippen LogP contribution in [0.2, 0.25) is 0 Å². The van der Waals surface area contributed by atoms with Crippen molar-refractivity contribution in [3.63, 3.8) is 0 Å². The van der Waals surface area contributed by atoms with Gasteiger partial charge in [-0.25, -0.2) is 9.18 Å². The summed E-state index contributed by atoms with van der Waals surface area (Å²) in [5.41, 5.74) is 5.28. The Hall–Kier alpha value is -2.94. The summed E-state index contributed by atoms with van der Waals surface area (Å²) in [5, 5.41) is 0. The first-order valence-corrected chi connectivity index (χ1v) is 10.0. The number of carbonyl (C=O) groups is 1. The third-order valence-corrected chi connectivity index (χ3v) is 5.34. The first-order chi connectivity index (χ1) is 14.2. The van der Waals surface area contributed by atoms with E-state index in [1.807, 2.05) is 23.6 Å². The fourth-order valence-electron chi connectivity index (χ4n) is 3.72. The average molecular weight is 417 g/mol. The monoisotopic (exact) mass is 417 g/mol. The predicted octanol–water partition coefficient (Wildman–Crippen LogP) is 0.929. The first-order valence-electron chi connectivity index (χ1n) is 10.0. The van der Waals surface area contributed by atoms with Gasteiger partial charge in [0.1, 0.15) is 17.2 Å². The molecule has 1 aromatic carbocycles. The van der Waals surface area contributed by atoms with Crippen LogP contribution in [0.25, 0.3) is 0 Å². The number of carbonyl (C=O) groups excluding carboxylic acids is 1. The predicted molar refractivity (Wildman–Crippen MR) is 115 cm³/mol. The second kappa shape index (κ2) is 8.83. The topological polar surface area (TPSA) is 93.6 Å². The van der Waals surface area contributed by atoms with Crippen LogP contribution in [0.3, 0.4) is 0 Å². The molecule has 2 heterocycles. The highest BCUT2D eigenvalue weighted by Crippen LogP contribution is 2.20. The maximum atomic E-state index is 14.0. The Kier molecular flexibility index (Phi) is 6.40. The second-order valence-corrected chi connectivity index (χ2v) is 8.05. The largest absolute Gasteiger partial charge is 0.384 e. The fraction of sp³-hybridized carbons (Fsp3) is 0.476. The maximum Gasteiger partial charge on any atom is 0.332 e. The lowest BCUT2D eigenvalue weighted by atomic mass is 10.1. The number of para-hydroxylation sites is 1. The quantitative estimate of drug-likeness (QED) is 0.703. The number of aromatic nitrogens is 2. The molecule has 30 heavy (non-hydrogen) atoms. The van der Waals surface area contributed by atoms with Gasteiger partial charge in [0, 0.05) is 39.8 Å². The van der Waals surface area contributed by atoms with Crippen molar-refractivity contribution in [3.05, 3.63) is 56.5 Å². The zero-order valence-corrected chi connectivity index (χ0v) is 17.6. The van der Waals surface area contributed by atoms with E-state index in [9.17, 15) is 18.8 Å². The molecular formula is C21H28FN5O3. The van der Waals surface area contributed by atoms with E-state index in [1.54, 1.807) is 18.2 Å². The zero-order valence-electron chi connectivity index (χ0n) is 17.6. The fourth-order valence-corrected chi connectivity index (χ4v) is 3.72. The molecule has 0 spiro atoms. The summed E-state index contributed by atoms with van der Waals surface area (Å²) < 4.78 is 16.2. The maximum absolute atomic E-state index is 14.0. The van der Waals surface area contributed by atoms with Gasteiger partial charge in [-0.05, 0) is 18.1 Å². The van der Waals surface area contributed by atoms with Crippen molar-refractivity contribution < 1.29 is 9.18 Å². The summed E-state index contributed by atoms with van der Waals surface area (Å²) in [7, 11) is 1.35. The third-order valence-electron chi connectivity index (χ3n) is 5.34. The summed E-state index contributed by atoms with van der Waals surface area (Å²) >= 11 is 0. The molecule has 9 heteroatoms.